The number of hydrogen-bond acceptors (Lipinski definition) is 4. The molecule has 2 aromatic carbocycles. The molecular weight excluding hydrogens is 292 g/mol. The van der Waals surface area contributed by atoms with Crippen molar-refractivity contribution >= 4 is 11.6 Å². The Morgan fingerprint density at radius 3 is 2.04 bits per heavy atom. The average Bonchev–Trinajstić information content (AvgIpc) is 2.60. The molecule has 1 amide bonds. The van der Waals surface area contributed by atoms with Gasteiger partial charge in [-0.3, -0.25) is 4.79 Å². The van der Waals surface area contributed by atoms with Gasteiger partial charge in [0.2, 0.25) is 5.91 Å². The molecule has 5 nitrogen and oxygen atoms in total. The third-order valence-corrected chi connectivity index (χ3v) is 3.43. The minimum atomic E-state index is -0.759. The minimum Gasteiger partial charge on any atom is -0.497 e. The summed E-state index contributed by atoms with van der Waals surface area (Å²) < 4.78 is 10.2. The largest absolute Gasteiger partial charge is 0.497 e. The molecule has 0 saturated carbocycles. The van der Waals surface area contributed by atoms with Crippen LogP contribution in [0.2, 0.25) is 0 Å². The normalized spacial score (nSPS) is 11.2. The number of methoxy groups -OCH3 is 2. The van der Waals surface area contributed by atoms with Crippen molar-refractivity contribution in [3.8, 4) is 17.6 Å². The summed E-state index contributed by atoms with van der Waals surface area (Å²) in [5.41, 5.74) is 1.54. The SMILES string of the molecule is COc1ccc(CC(C#N)C(=O)Nc2ccc(OC)cc2)cc1. The Hall–Kier alpha value is -3.00. The van der Waals surface area contributed by atoms with Gasteiger partial charge in [0.25, 0.3) is 0 Å². The third-order valence-electron chi connectivity index (χ3n) is 3.43. The summed E-state index contributed by atoms with van der Waals surface area (Å²) in [6.07, 6.45) is 0.350. The molecule has 5 heteroatoms. The molecule has 1 unspecified atom stereocenters. The summed E-state index contributed by atoms with van der Waals surface area (Å²) in [6.45, 7) is 0. The lowest BCUT2D eigenvalue weighted by Gasteiger charge is -2.11. The van der Waals surface area contributed by atoms with Crippen LogP contribution in [0.3, 0.4) is 0 Å². The topological polar surface area (TPSA) is 71.3 Å². The molecule has 23 heavy (non-hydrogen) atoms. The van der Waals surface area contributed by atoms with E-state index < -0.39 is 5.92 Å². The van der Waals surface area contributed by atoms with Crippen molar-refractivity contribution in [1.82, 2.24) is 0 Å². The van der Waals surface area contributed by atoms with Crippen LogP contribution >= 0.6 is 0 Å². The van der Waals surface area contributed by atoms with Crippen LogP contribution in [0.15, 0.2) is 48.5 Å². The number of nitrogens with zero attached hydrogens (tertiary/aromatic N) is 1. The molecule has 1 N–H and O–H groups in total. The van der Waals surface area contributed by atoms with E-state index in [-0.39, 0.29) is 5.91 Å². The van der Waals surface area contributed by atoms with E-state index in [1.165, 1.54) is 0 Å². The Labute approximate surface area is 135 Å². The van der Waals surface area contributed by atoms with Crippen molar-refractivity contribution in [3.05, 3.63) is 54.1 Å². The van der Waals surface area contributed by atoms with Crippen LogP contribution < -0.4 is 14.8 Å². The maximum absolute atomic E-state index is 12.2. The molecule has 0 aliphatic rings. The average molecular weight is 310 g/mol. The van der Waals surface area contributed by atoms with Crippen LogP contribution in [-0.2, 0) is 11.2 Å². The van der Waals surface area contributed by atoms with Gasteiger partial charge >= 0.3 is 0 Å². The number of benzene rings is 2. The summed E-state index contributed by atoms with van der Waals surface area (Å²) in [5, 5.41) is 12.0. The van der Waals surface area contributed by atoms with E-state index in [0.29, 0.717) is 17.9 Å². The van der Waals surface area contributed by atoms with Gasteiger partial charge in [0.05, 0.1) is 20.3 Å². The predicted octanol–water partition coefficient (Wildman–Crippen LogP) is 3.02. The second-order valence-corrected chi connectivity index (χ2v) is 4.95. The van der Waals surface area contributed by atoms with E-state index in [9.17, 15) is 10.1 Å². The summed E-state index contributed by atoms with van der Waals surface area (Å²) >= 11 is 0. The van der Waals surface area contributed by atoms with Crippen LogP contribution in [0.1, 0.15) is 5.56 Å². The molecule has 118 valence electrons. The fourth-order valence-electron chi connectivity index (χ4n) is 2.10. The molecule has 0 aromatic heterocycles. The van der Waals surface area contributed by atoms with Gasteiger partial charge in [0.15, 0.2) is 0 Å². The van der Waals surface area contributed by atoms with Gasteiger partial charge in [-0.05, 0) is 48.4 Å². The standard InChI is InChI=1S/C18H18N2O3/c1-22-16-7-3-13(4-8-16)11-14(12-19)18(21)20-15-5-9-17(23-2)10-6-15/h3-10,14H,11H2,1-2H3,(H,20,21). The van der Waals surface area contributed by atoms with E-state index in [4.69, 9.17) is 9.47 Å². The third kappa shape index (κ3) is 4.48. The van der Waals surface area contributed by atoms with Gasteiger partial charge in [-0.1, -0.05) is 12.1 Å². The quantitative estimate of drug-likeness (QED) is 0.890. The van der Waals surface area contributed by atoms with E-state index in [1.54, 1.807) is 38.5 Å². The molecule has 0 aliphatic carbocycles. The zero-order valence-electron chi connectivity index (χ0n) is 13.1. The van der Waals surface area contributed by atoms with Gasteiger partial charge in [0.1, 0.15) is 17.4 Å². The van der Waals surface area contributed by atoms with Crippen molar-refractivity contribution in [1.29, 1.82) is 5.26 Å². The molecule has 2 rings (SSSR count). The lowest BCUT2D eigenvalue weighted by Crippen LogP contribution is -2.23. The van der Waals surface area contributed by atoms with Crippen LogP contribution in [0.25, 0.3) is 0 Å². The number of anilines is 1. The molecule has 0 bridgehead atoms. The van der Waals surface area contributed by atoms with Crippen molar-refractivity contribution in [3.63, 3.8) is 0 Å². The highest BCUT2D eigenvalue weighted by molar-refractivity contribution is 5.94. The van der Waals surface area contributed by atoms with Crippen molar-refractivity contribution in [2.75, 3.05) is 19.5 Å². The second-order valence-electron chi connectivity index (χ2n) is 4.95. The maximum Gasteiger partial charge on any atom is 0.242 e. The van der Waals surface area contributed by atoms with Crippen LogP contribution in [0, 0.1) is 17.2 Å². The first-order chi connectivity index (χ1) is 11.2. The first-order valence-corrected chi connectivity index (χ1v) is 7.13. The molecule has 0 spiro atoms. The second kappa shape index (κ2) is 7.85. The van der Waals surface area contributed by atoms with Gasteiger partial charge in [-0.25, -0.2) is 0 Å². The smallest absolute Gasteiger partial charge is 0.242 e. The first-order valence-electron chi connectivity index (χ1n) is 7.13. The van der Waals surface area contributed by atoms with Gasteiger partial charge in [-0.2, -0.15) is 5.26 Å². The van der Waals surface area contributed by atoms with Crippen LogP contribution in [-0.4, -0.2) is 20.1 Å². The number of carbonyl (C=O) groups is 1. The van der Waals surface area contributed by atoms with Crippen molar-refractivity contribution < 1.29 is 14.3 Å². The summed E-state index contributed by atoms with van der Waals surface area (Å²) in [4.78, 5) is 12.2. The van der Waals surface area contributed by atoms with Gasteiger partial charge < -0.3 is 14.8 Å². The molecule has 0 aliphatic heterocycles. The molecule has 0 radical (unpaired) electrons. The number of nitriles is 1. The Kier molecular flexibility index (Phi) is 5.59. The van der Waals surface area contributed by atoms with Crippen molar-refractivity contribution in [2.24, 2.45) is 5.92 Å². The highest BCUT2D eigenvalue weighted by Gasteiger charge is 2.18. The van der Waals surface area contributed by atoms with Gasteiger partial charge in [-0.15, -0.1) is 0 Å². The Morgan fingerprint density at radius 2 is 1.57 bits per heavy atom. The first kappa shape index (κ1) is 16.4. The number of rotatable bonds is 6. The number of hydrogen-bond donors (Lipinski definition) is 1. The minimum absolute atomic E-state index is 0.325. The molecule has 1 atom stereocenters. The molecule has 2 aromatic rings. The molecular formula is C18H18N2O3. The maximum atomic E-state index is 12.2. The summed E-state index contributed by atoms with van der Waals surface area (Å²) in [6, 6.07) is 16.3. The zero-order chi connectivity index (χ0) is 16.7. The van der Waals surface area contributed by atoms with Crippen LogP contribution in [0.5, 0.6) is 11.5 Å². The fraction of sp³-hybridized carbons (Fsp3) is 0.222. The monoisotopic (exact) mass is 310 g/mol. The summed E-state index contributed by atoms with van der Waals surface area (Å²) in [5.74, 6) is 0.363. The molecule has 0 heterocycles. The number of amides is 1. The Balaban J connectivity index is 2.01. The molecule has 0 fully saturated rings. The number of ether oxygens (including phenoxy) is 2. The van der Waals surface area contributed by atoms with E-state index in [0.717, 1.165) is 11.3 Å². The van der Waals surface area contributed by atoms with E-state index in [2.05, 4.69) is 11.4 Å². The highest BCUT2D eigenvalue weighted by Crippen LogP contribution is 2.18. The number of nitrogens with one attached hydrogen (secondary N) is 1. The van der Waals surface area contributed by atoms with Crippen LogP contribution in [0.4, 0.5) is 5.69 Å². The Morgan fingerprint density at radius 1 is 1.04 bits per heavy atom. The van der Waals surface area contributed by atoms with Gasteiger partial charge in [0, 0.05) is 5.69 Å². The fourth-order valence-corrected chi connectivity index (χ4v) is 2.10. The van der Waals surface area contributed by atoms with E-state index >= 15 is 0 Å². The predicted molar refractivity (Wildman–Crippen MR) is 87.4 cm³/mol. The van der Waals surface area contributed by atoms with Crippen molar-refractivity contribution in [2.45, 2.75) is 6.42 Å². The zero-order valence-corrected chi connectivity index (χ0v) is 13.1. The summed E-state index contributed by atoms with van der Waals surface area (Å²) in [7, 11) is 3.17. The lowest BCUT2D eigenvalue weighted by molar-refractivity contribution is -0.118. The van der Waals surface area contributed by atoms with E-state index in [1.807, 2.05) is 24.3 Å². The highest BCUT2D eigenvalue weighted by atomic mass is 16.5. The molecule has 0 saturated heterocycles. The lowest BCUT2D eigenvalue weighted by atomic mass is 9.99. The number of carbonyl (C=O) groups excluding carboxylic acids is 1. The Bertz CT molecular complexity index is 688.